The van der Waals surface area contributed by atoms with Crippen LogP contribution in [0.4, 0.5) is 0 Å². The topological polar surface area (TPSA) is 68.5 Å². The second kappa shape index (κ2) is 7.21. The van der Waals surface area contributed by atoms with E-state index >= 15 is 0 Å². The van der Waals surface area contributed by atoms with Crippen molar-refractivity contribution in [3.05, 3.63) is 45.2 Å². The van der Waals surface area contributed by atoms with Gasteiger partial charge in [0, 0.05) is 6.04 Å². The van der Waals surface area contributed by atoms with Crippen LogP contribution in [0.3, 0.4) is 0 Å². The monoisotopic (exact) mass is 384 g/mol. The maximum Gasteiger partial charge on any atom is 0.285 e. The third kappa shape index (κ3) is 3.48. The molecule has 2 aromatic rings. The Balaban J connectivity index is 2.15. The van der Waals surface area contributed by atoms with Gasteiger partial charge in [-0.2, -0.15) is 8.42 Å². The van der Waals surface area contributed by atoms with Crippen LogP contribution in [0.25, 0.3) is 0 Å². The van der Waals surface area contributed by atoms with Crippen molar-refractivity contribution in [3.8, 4) is 0 Å². The van der Waals surface area contributed by atoms with Gasteiger partial charge in [0.05, 0.1) is 4.90 Å². The van der Waals surface area contributed by atoms with E-state index in [4.69, 9.17) is 11.6 Å². The summed E-state index contributed by atoms with van der Waals surface area (Å²) in [6.45, 7) is 0. The molecule has 0 radical (unpaired) electrons. The van der Waals surface area contributed by atoms with Gasteiger partial charge in [0.25, 0.3) is 10.0 Å². The van der Waals surface area contributed by atoms with Crippen molar-refractivity contribution in [1.82, 2.24) is 4.57 Å². The van der Waals surface area contributed by atoms with E-state index < -0.39 is 10.0 Å². The molecule has 1 saturated carbocycles. The first-order valence-electron chi connectivity index (χ1n) is 7.75. The Morgan fingerprint density at radius 1 is 1.17 bits per heavy atom. The Labute approximate surface area is 149 Å². The number of carbonyl (C=O) groups excluding carboxylic acids is 1. The van der Waals surface area contributed by atoms with E-state index in [1.54, 1.807) is 22.8 Å². The zero-order valence-corrected chi connectivity index (χ0v) is 15.3. The van der Waals surface area contributed by atoms with Crippen LogP contribution >= 0.6 is 22.9 Å². The molecule has 3 rings (SSSR count). The largest absolute Gasteiger partial charge is 0.303 e. The number of rotatable bonds is 4. The molecule has 1 aliphatic carbocycles. The van der Waals surface area contributed by atoms with Gasteiger partial charge in [0.2, 0.25) is 4.80 Å². The molecular weight excluding hydrogens is 368 g/mol. The number of hydrogen-bond donors (Lipinski definition) is 0. The van der Waals surface area contributed by atoms with Crippen LogP contribution < -0.4 is 4.80 Å². The minimum Gasteiger partial charge on any atom is -0.303 e. The molecule has 0 N–H and O–H groups in total. The quantitative estimate of drug-likeness (QED) is 0.752. The van der Waals surface area contributed by atoms with Gasteiger partial charge in [-0.15, -0.1) is 4.40 Å². The van der Waals surface area contributed by atoms with Crippen molar-refractivity contribution < 1.29 is 13.2 Å². The molecule has 1 aromatic heterocycles. The molecule has 24 heavy (non-hydrogen) atoms. The third-order valence-electron chi connectivity index (χ3n) is 4.11. The van der Waals surface area contributed by atoms with Crippen LogP contribution in [-0.4, -0.2) is 19.3 Å². The number of carbonyl (C=O) groups is 1. The SMILES string of the molecule is O=Cc1s/c(=N\S(=O)(=O)c2ccccc2)n(C2CCCCC2)c1Cl. The fourth-order valence-corrected chi connectivity index (χ4v) is 5.47. The molecule has 0 aliphatic heterocycles. The zero-order valence-electron chi connectivity index (χ0n) is 12.9. The van der Waals surface area contributed by atoms with E-state index in [0.29, 0.717) is 11.2 Å². The fourth-order valence-electron chi connectivity index (χ4n) is 2.93. The molecular formula is C16H17ClN2O3S2. The van der Waals surface area contributed by atoms with Crippen LogP contribution in [0.5, 0.6) is 0 Å². The Bertz CT molecular complexity index is 895. The summed E-state index contributed by atoms with van der Waals surface area (Å²) in [6, 6.07) is 8.12. The second-order valence-electron chi connectivity index (χ2n) is 5.70. The molecule has 1 aliphatic rings. The highest BCUT2D eigenvalue weighted by Crippen LogP contribution is 2.31. The summed E-state index contributed by atoms with van der Waals surface area (Å²) in [5.74, 6) is 0. The van der Waals surface area contributed by atoms with Gasteiger partial charge >= 0.3 is 0 Å². The Hall–Kier alpha value is -1.44. The van der Waals surface area contributed by atoms with E-state index in [1.807, 2.05) is 0 Å². The van der Waals surface area contributed by atoms with Crippen molar-refractivity contribution in [2.75, 3.05) is 0 Å². The lowest BCUT2D eigenvalue weighted by Gasteiger charge is -2.23. The number of sulfonamides is 1. The molecule has 1 heterocycles. The van der Waals surface area contributed by atoms with Gasteiger partial charge in [-0.05, 0) is 25.0 Å². The van der Waals surface area contributed by atoms with Gasteiger partial charge in [0.1, 0.15) is 10.0 Å². The lowest BCUT2D eigenvalue weighted by atomic mass is 9.95. The summed E-state index contributed by atoms with van der Waals surface area (Å²) in [5.41, 5.74) is 0. The van der Waals surface area contributed by atoms with Crippen LogP contribution in [0, 0.1) is 0 Å². The number of aromatic nitrogens is 1. The first-order chi connectivity index (χ1) is 11.5. The van der Waals surface area contributed by atoms with E-state index in [1.165, 1.54) is 12.1 Å². The van der Waals surface area contributed by atoms with Crippen LogP contribution in [0.15, 0.2) is 39.6 Å². The normalized spacial score (nSPS) is 17.1. The fraction of sp³-hybridized carbons (Fsp3) is 0.375. The zero-order chi connectivity index (χ0) is 17.2. The van der Waals surface area contributed by atoms with Crippen LogP contribution in [-0.2, 0) is 10.0 Å². The Morgan fingerprint density at radius 3 is 2.46 bits per heavy atom. The van der Waals surface area contributed by atoms with Gasteiger partial charge < -0.3 is 4.57 Å². The van der Waals surface area contributed by atoms with Crippen molar-refractivity contribution >= 4 is 39.2 Å². The third-order valence-corrected chi connectivity index (χ3v) is 6.98. The maximum absolute atomic E-state index is 12.5. The molecule has 0 amide bonds. The summed E-state index contributed by atoms with van der Waals surface area (Å²) in [4.78, 5) is 11.9. The van der Waals surface area contributed by atoms with Crippen molar-refractivity contribution in [3.63, 3.8) is 0 Å². The van der Waals surface area contributed by atoms with E-state index in [2.05, 4.69) is 4.40 Å². The second-order valence-corrected chi connectivity index (χ2v) is 8.67. The average Bonchev–Trinajstić information content (AvgIpc) is 2.91. The molecule has 0 saturated heterocycles. The predicted molar refractivity (Wildman–Crippen MR) is 94.0 cm³/mol. The molecule has 128 valence electrons. The summed E-state index contributed by atoms with van der Waals surface area (Å²) in [7, 11) is -3.85. The van der Waals surface area contributed by atoms with Crippen molar-refractivity contribution in [2.45, 2.75) is 43.0 Å². The number of halogens is 1. The summed E-state index contributed by atoms with van der Waals surface area (Å²) in [5, 5.41) is 0.281. The highest BCUT2D eigenvalue weighted by molar-refractivity contribution is 7.90. The molecule has 1 aromatic carbocycles. The number of hydrogen-bond acceptors (Lipinski definition) is 4. The smallest absolute Gasteiger partial charge is 0.285 e. The van der Waals surface area contributed by atoms with Gasteiger partial charge in [-0.1, -0.05) is 60.4 Å². The lowest BCUT2D eigenvalue weighted by molar-refractivity contribution is 0.112. The highest BCUT2D eigenvalue weighted by atomic mass is 35.5. The first kappa shape index (κ1) is 17.4. The number of nitrogens with zero attached hydrogens (tertiary/aromatic N) is 2. The minimum absolute atomic E-state index is 0.0842. The maximum atomic E-state index is 12.5. The van der Waals surface area contributed by atoms with Gasteiger partial charge in [-0.3, -0.25) is 4.79 Å². The number of benzene rings is 1. The van der Waals surface area contributed by atoms with Crippen LogP contribution in [0.2, 0.25) is 5.15 Å². The molecule has 0 atom stereocenters. The molecule has 5 nitrogen and oxygen atoms in total. The van der Waals surface area contributed by atoms with Crippen molar-refractivity contribution in [1.29, 1.82) is 0 Å². The minimum atomic E-state index is -3.85. The standard InChI is InChI=1S/C16H17ClN2O3S2/c17-15-14(11-20)23-16(19(15)12-7-3-1-4-8-12)18-24(21,22)13-9-5-2-6-10-13/h2,5-6,9-12H,1,3-4,7-8H2/b18-16-. The highest BCUT2D eigenvalue weighted by Gasteiger charge is 2.23. The average molecular weight is 385 g/mol. The molecule has 1 fully saturated rings. The molecule has 8 heteroatoms. The Kier molecular flexibility index (Phi) is 5.22. The Morgan fingerprint density at radius 2 is 1.83 bits per heavy atom. The molecule has 0 bridgehead atoms. The number of thiazole rings is 1. The summed E-state index contributed by atoms with van der Waals surface area (Å²) in [6.07, 6.45) is 5.76. The number of aldehydes is 1. The van der Waals surface area contributed by atoms with E-state index in [0.717, 1.165) is 43.4 Å². The predicted octanol–water partition coefficient (Wildman–Crippen LogP) is 3.81. The van der Waals surface area contributed by atoms with Gasteiger partial charge in [-0.25, -0.2) is 0 Å². The van der Waals surface area contributed by atoms with E-state index in [9.17, 15) is 13.2 Å². The lowest BCUT2D eigenvalue weighted by Crippen LogP contribution is -2.24. The molecule has 0 spiro atoms. The van der Waals surface area contributed by atoms with E-state index in [-0.39, 0.29) is 20.9 Å². The van der Waals surface area contributed by atoms with Crippen molar-refractivity contribution in [2.24, 2.45) is 4.40 Å². The van der Waals surface area contributed by atoms with Crippen LogP contribution in [0.1, 0.15) is 47.8 Å². The molecule has 0 unspecified atom stereocenters. The summed E-state index contributed by atoms with van der Waals surface area (Å²) >= 11 is 7.34. The summed E-state index contributed by atoms with van der Waals surface area (Å²) < 4.78 is 30.8. The first-order valence-corrected chi connectivity index (χ1v) is 10.4. The van der Waals surface area contributed by atoms with Gasteiger partial charge in [0.15, 0.2) is 6.29 Å².